The Bertz CT molecular complexity index is 932. The Balaban J connectivity index is 1.21. The summed E-state index contributed by atoms with van der Waals surface area (Å²) in [6, 6.07) is 18.5. The number of hydrogen-bond acceptors (Lipinski definition) is 5. The molecule has 28 heavy (non-hydrogen) atoms. The van der Waals surface area contributed by atoms with Crippen LogP contribution in [0.1, 0.15) is 12.0 Å². The molecule has 6 nitrogen and oxygen atoms in total. The van der Waals surface area contributed by atoms with E-state index in [-0.39, 0.29) is 18.4 Å². The first-order valence-electron chi connectivity index (χ1n) is 9.58. The predicted molar refractivity (Wildman–Crippen MR) is 110 cm³/mol. The normalized spacial score (nSPS) is 18.7. The standard InChI is InChI=1S/C22H24N4O2/c27-22(24-11-8-16-4-2-1-3-5-16)28-21-13-20(15-25-21)26-19-7-6-18-14-23-10-9-17(18)12-19/h1-7,9-10,12,14,20-21,25-26H,8,11,13,15H2,(H,24,27)/t20-,21-/m0/s1. The van der Waals surface area contributed by atoms with Crippen molar-refractivity contribution in [3.8, 4) is 0 Å². The van der Waals surface area contributed by atoms with Crippen LogP contribution in [0, 0.1) is 0 Å². The minimum absolute atomic E-state index is 0.210. The number of nitrogens with zero attached hydrogens (tertiary/aromatic N) is 1. The second-order valence-corrected chi connectivity index (χ2v) is 6.98. The maximum absolute atomic E-state index is 12.0. The molecule has 2 aromatic carbocycles. The number of benzene rings is 2. The van der Waals surface area contributed by atoms with Gasteiger partial charge in [0.1, 0.15) is 0 Å². The molecular formula is C22H24N4O2. The van der Waals surface area contributed by atoms with Crippen molar-refractivity contribution in [2.45, 2.75) is 25.1 Å². The van der Waals surface area contributed by atoms with Crippen molar-refractivity contribution >= 4 is 22.6 Å². The minimum Gasteiger partial charge on any atom is -0.430 e. The van der Waals surface area contributed by atoms with E-state index in [2.05, 4.69) is 39.1 Å². The average Bonchev–Trinajstić information content (AvgIpc) is 3.15. The van der Waals surface area contributed by atoms with Gasteiger partial charge in [0.2, 0.25) is 0 Å². The first-order valence-corrected chi connectivity index (χ1v) is 9.58. The Morgan fingerprint density at radius 2 is 2.04 bits per heavy atom. The fraction of sp³-hybridized carbons (Fsp3) is 0.273. The second-order valence-electron chi connectivity index (χ2n) is 6.98. The van der Waals surface area contributed by atoms with Gasteiger partial charge in [-0.3, -0.25) is 10.3 Å². The van der Waals surface area contributed by atoms with E-state index in [1.165, 1.54) is 5.56 Å². The highest BCUT2D eigenvalue weighted by Gasteiger charge is 2.26. The summed E-state index contributed by atoms with van der Waals surface area (Å²) in [6.45, 7) is 1.31. The number of rotatable bonds is 6. The Morgan fingerprint density at radius 3 is 2.93 bits per heavy atom. The highest BCUT2D eigenvalue weighted by molar-refractivity contribution is 5.84. The highest BCUT2D eigenvalue weighted by Crippen LogP contribution is 2.20. The Hall–Kier alpha value is -3.12. The lowest BCUT2D eigenvalue weighted by Gasteiger charge is -2.15. The van der Waals surface area contributed by atoms with Crippen LogP contribution in [-0.2, 0) is 11.2 Å². The summed E-state index contributed by atoms with van der Waals surface area (Å²) in [5.74, 6) is 0. The van der Waals surface area contributed by atoms with E-state index in [9.17, 15) is 4.79 Å². The van der Waals surface area contributed by atoms with Crippen LogP contribution in [0.4, 0.5) is 10.5 Å². The average molecular weight is 376 g/mol. The van der Waals surface area contributed by atoms with Gasteiger partial charge in [-0.25, -0.2) is 4.79 Å². The molecule has 144 valence electrons. The number of ether oxygens (including phenoxy) is 1. The zero-order valence-electron chi connectivity index (χ0n) is 15.6. The lowest BCUT2D eigenvalue weighted by molar-refractivity contribution is 0.0894. The van der Waals surface area contributed by atoms with E-state index in [0.29, 0.717) is 6.54 Å². The molecule has 3 N–H and O–H groups in total. The molecule has 0 bridgehead atoms. The summed E-state index contributed by atoms with van der Waals surface area (Å²) >= 11 is 0. The topological polar surface area (TPSA) is 75.3 Å². The number of pyridine rings is 1. The first-order chi connectivity index (χ1) is 13.8. The quantitative estimate of drug-likeness (QED) is 0.615. The third kappa shape index (κ3) is 4.78. The van der Waals surface area contributed by atoms with Crippen LogP contribution in [0.3, 0.4) is 0 Å². The molecule has 1 aliphatic rings. The first kappa shape index (κ1) is 18.3. The van der Waals surface area contributed by atoms with E-state index in [1.54, 1.807) is 6.20 Å². The van der Waals surface area contributed by atoms with Gasteiger partial charge >= 0.3 is 6.09 Å². The SMILES string of the molecule is O=C(NCCc1ccccc1)O[C@H]1C[C@H](Nc2ccc3cnccc3c2)CN1. The van der Waals surface area contributed by atoms with Gasteiger partial charge in [-0.15, -0.1) is 0 Å². The van der Waals surface area contributed by atoms with Crippen LogP contribution in [0.15, 0.2) is 67.0 Å². The number of alkyl carbamates (subject to hydrolysis) is 1. The number of anilines is 1. The minimum atomic E-state index is -0.382. The summed E-state index contributed by atoms with van der Waals surface area (Å²) in [4.78, 5) is 16.1. The summed E-state index contributed by atoms with van der Waals surface area (Å²) in [5, 5.41) is 11.8. The summed E-state index contributed by atoms with van der Waals surface area (Å²) in [6.07, 6.45) is 4.50. The maximum atomic E-state index is 12.0. The molecule has 1 saturated heterocycles. The van der Waals surface area contributed by atoms with Crippen LogP contribution in [0.2, 0.25) is 0 Å². The van der Waals surface area contributed by atoms with E-state index >= 15 is 0 Å². The van der Waals surface area contributed by atoms with Crippen LogP contribution in [0.5, 0.6) is 0 Å². The van der Waals surface area contributed by atoms with Gasteiger partial charge in [-0.05, 0) is 35.6 Å². The number of fused-ring (bicyclic) bond motifs is 1. The number of hydrogen-bond donors (Lipinski definition) is 3. The maximum Gasteiger partial charge on any atom is 0.408 e. The molecular weight excluding hydrogens is 352 g/mol. The van der Waals surface area contributed by atoms with Crippen LogP contribution in [0.25, 0.3) is 10.8 Å². The molecule has 0 saturated carbocycles. The van der Waals surface area contributed by atoms with E-state index in [0.717, 1.165) is 35.8 Å². The van der Waals surface area contributed by atoms with Gasteiger partial charge in [-0.2, -0.15) is 0 Å². The Labute approximate surface area is 164 Å². The second kappa shape index (κ2) is 8.71. The van der Waals surface area contributed by atoms with Crippen molar-refractivity contribution in [1.29, 1.82) is 0 Å². The summed E-state index contributed by atoms with van der Waals surface area (Å²) in [7, 11) is 0. The van der Waals surface area contributed by atoms with Gasteiger partial charge in [0, 0.05) is 49.0 Å². The number of amides is 1. The molecule has 1 amide bonds. The zero-order valence-corrected chi connectivity index (χ0v) is 15.6. The summed E-state index contributed by atoms with van der Waals surface area (Å²) < 4.78 is 5.48. The van der Waals surface area contributed by atoms with E-state index in [4.69, 9.17) is 4.74 Å². The molecule has 0 aliphatic carbocycles. The van der Waals surface area contributed by atoms with Gasteiger partial charge in [-0.1, -0.05) is 36.4 Å². The fourth-order valence-corrected chi connectivity index (χ4v) is 3.43. The third-order valence-electron chi connectivity index (χ3n) is 4.88. The zero-order chi connectivity index (χ0) is 19.2. The number of nitrogens with one attached hydrogen (secondary N) is 3. The molecule has 0 spiro atoms. The molecule has 6 heteroatoms. The van der Waals surface area contributed by atoms with Crippen molar-refractivity contribution in [2.75, 3.05) is 18.4 Å². The van der Waals surface area contributed by atoms with Gasteiger partial charge in [0.25, 0.3) is 0 Å². The lowest BCUT2D eigenvalue weighted by atomic mass is 10.1. The molecule has 0 unspecified atom stereocenters. The molecule has 0 radical (unpaired) electrons. The molecule has 2 heterocycles. The number of aromatic nitrogens is 1. The highest BCUT2D eigenvalue weighted by atomic mass is 16.6. The van der Waals surface area contributed by atoms with Crippen molar-refractivity contribution in [3.05, 3.63) is 72.6 Å². The summed E-state index contributed by atoms with van der Waals surface area (Å²) in [5.41, 5.74) is 2.25. The third-order valence-corrected chi connectivity index (χ3v) is 4.88. The smallest absolute Gasteiger partial charge is 0.408 e. The van der Waals surface area contributed by atoms with Crippen LogP contribution >= 0.6 is 0 Å². The predicted octanol–water partition coefficient (Wildman–Crippen LogP) is 3.30. The van der Waals surface area contributed by atoms with Crippen molar-refractivity contribution < 1.29 is 9.53 Å². The molecule has 1 aliphatic heterocycles. The fourth-order valence-electron chi connectivity index (χ4n) is 3.43. The lowest BCUT2D eigenvalue weighted by Crippen LogP contribution is -2.34. The molecule has 3 aromatic rings. The number of carbonyl (C=O) groups excluding carboxylic acids is 1. The van der Waals surface area contributed by atoms with E-state index < -0.39 is 0 Å². The Morgan fingerprint density at radius 1 is 1.14 bits per heavy atom. The van der Waals surface area contributed by atoms with Crippen LogP contribution < -0.4 is 16.0 Å². The van der Waals surface area contributed by atoms with Gasteiger partial charge < -0.3 is 15.4 Å². The largest absolute Gasteiger partial charge is 0.430 e. The molecule has 1 aromatic heterocycles. The monoisotopic (exact) mass is 376 g/mol. The molecule has 4 rings (SSSR count). The van der Waals surface area contributed by atoms with Crippen molar-refractivity contribution in [2.24, 2.45) is 0 Å². The Kier molecular flexibility index (Phi) is 5.68. The van der Waals surface area contributed by atoms with Crippen molar-refractivity contribution in [3.63, 3.8) is 0 Å². The van der Waals surface area contributed by atoms with Gasteiger partial charge in [0.15, 0.2) is 6.23 Å². The van der Waals surface area contributed by atoms with Gasteiger partial charge in [0.05, 0.1) is 0 Å². The van der Waals surface area contributed by atoms with E-state index in [1.807, 2.05) is 42.6 Å². The molecule has 1 fully saturated rings. The number of carbonyl (C=O) groups is 1. The molecule has 2 atom stereocenters. The van der Waals surface area contributed by atoms with Crippen molar-refractivity contribution in [1.82, 2.24) is 15.6 Å². The van der Waals surface area contributed by atoms with Crippen LogP contribution in [-0.4, -0.2) is 36.4 Å².